The highest BCUT2D eigenvalue weighted by molar-refractivity contribution is 4.94. The van der Waals surface area contributed by atoms with Crippen molar-refractivity contribution in [3.05, 3.63) is 18.2 Å². The summed E-state index contributed by atoms with van der Waals surface area (Å²) in [6, 6.07) is 0. The van der Waals surface area contributed by atoms with Gasteiger partial charge in [0.15, 0.2) is 0 Å². The number of imidazole rings is 1. The largest absolute Gasteiger partial charge is 0.393 e. The molecule has 0 aliphatic carbocycles. The highest BCUT2D eigenvalue weighted by Gasteiger charge is 2.27. The summed E-state index contributed by atoms with van der Waals surface area (Å²) >= 11 is 0. The number of alkyl halides is 2. The smallest absolute Gasteiger partial charge is 0.319 e. The van der Waals surface area contributed by atoms with Crippen molar-refractivity contribution in [2.75, 3.05) is 13.1 Å². The van der Waals surface area contributed by atoms with Crippen molar-refractivity contribution in [3.63, 3.8) is 0 Å². The van der Waals surface area contributed by atoms with E-state index in [4.69, 9.17) is 0 Å². The number of likely N-dealkylation sites (tertiary alicyclic amines) is 1. The lowest BCUT2D eigenvalue weighted by molar-refractivity contribution is 0.0640. The zero-order valence-electron chi connectivity index (χ0n) is 9.76. The Morgan fingerprint density at radius 2 is 2.35 bits per heavy atom. The quantitative estimate of drug-likeness (QED) is 0.873. The molecule has 0 bridgehead atoms. The van der Waals surface area contributed by atoms with Gasteiger partial charge in [-0.05, 0) is 25.8 Å². The monoisotopic (exact) mass is 245 g/mol. The van der Waals surface area contributed by atoms with Gasteiger partial charge in [-0.1, -0.05) is 0 Å². The number of hydrogen-bond acceptors (Lipinski definition) is 3. The van der Waals surface area contributed by atoms with E-state index in [1.807, 2.05) is 0 Å². The van der Waals surface area contributed by atoms with Crippen LogP contribution in [-0.4, -0.2) is 38.8 Å². The molecule has 2 heterocycles. The fourth-order valence-corrected chi connectivity index (χ4v) is 2.24. The summed E-state index contributed by atoms with van der Waals surface area (Å²) < 4.78 is 26.1. The molecule has 17 heavy (non-hydrogen) atoms. The minimum absolute atomic E-state index is 0.241. The Hall–Kier alpha value is -1.01. The van der Waals surface area contributed by atoms with Crippen molar-refractivity contribution >= 4 is 0 Å². The van der Waals surface area contributed by atoms with Gasteiger partial charge in [-0.25, -0.2) is 4.98 Å². The van der Waals surface area contributed by atoms with Crippen molar-refractivity contribution in [3.8, 4) is 0 Å². The summed E-state index contributed by atoms with van der Waals surface area (Å²) in [6.07, 6.45) is 3.26. The van der Waals surface area contributed by atoms with Gasteiger partial charge in [-0.3, -0.25) is 9.47 Å². The first kappa shape index (κ1) is 12.4. The third-order valence-electron chi connectivity index (χ3n) is 3.32. The van der Waals surface area contributed by atoms with Crippen LogP contribution in [0.1, 0.15) is 25.7 Å². The first-order valence-corrected chi connectivity index (χ1v) is 5.78. The molecule has 1 N–H and O–H groups in total. The lowest BCUT2D eigenvalue weighted by atomic mass is 10.0. The first-order chi connectivity index (χ1) is 8.08. The highest BCUT2D eigenvalue weighted by Crippen LogP contribution is 2.22. The number of aliphatic hydroxyl groups excluding tert-OH is 1. The van der Waals surface area contributed by atoms with Crippen LogP contribution in [0.4, 0.5) is 8.78 Å². The predicted molar refractivity (Wildman–Crippen MR) is 58.5 cm³/mol. The van der Waals surface area contributed by atoms with Crippen LogP contribution in [0.5, 0.6) is 0 Å². The van der Waals surface area contributed by atoms with E-state index in [2.05, 4.69) is 9.88 Å². The average Bonchev–Trinajstić information content (AvgIpc) is 2.86. The van der Waals surface area contributed by atoms with Crippen LogP contribution >= 0.6 is 0 Å². The zero-order chi connectivity index (χ0) is 12.4. The van der Waals surface area contributed by atoms with Gasteiger partial charge in [0.05, 0.1) is 12.6 Å². The molecule has 1 aliphatic heterocycles. The summed E-state index contributed by atoms with van der Waals surface area (Å²) in [5.74, 6) is 0.621. The SMILES string of the molecule is CC(O)C1CCN(Cc2nccn2C(F)F)C1. The summed E-state index contributed by atoms with van der Waals surface area (Å²) in [6.45, 7) is 1.22. The highest BCUT2D eigenvalue weighted by atomic mass is 19.3. The van der Waals surface area contributed by atoms with Gasteiger partial charge in [0.1, 0.15) is 5.82 Å². The molecule has 1 aromatic heterocycles. The molecule has 2 rings (SSSR count). The first-order valence-electron chi connectivity index (χ1n) is 5.78. The molecular weight excluding hydrogens is 228 g/mol. The fraction of sp³-hybridized carbons (Fsp3) is 0.727. The van der Waals surface area contributed by atoms with Crippen LogP contribution < -0.4 is 0 Å². The van der Waals surface area contributed by atoms with E-state index in [1.54, 1.807) is 6.92 Å². The van der Waals surface area contributed by atoms with Crippen molar-refractivity contribution in [1.82, 2.24) is 14.5 Å². The molecular formula is C11H17F2N3O. The van der Waals surface area contributed by atoms with Gasteiger partial charge in [0.2, 0.25) is 0 Å². The summed E-state index contributed by atoms with van der Waals surface area (Å²) in [7, 11) is 0. The Labute approximate surface area is 98.9 Å². The molecule has 2 unspecified atom stereocenters. The Balaban J connectivity index is 1.96. The van der Waals surface area contributed by atoms with Crippen LogP contribution in [-0.2, 0) is 6.54 Å². The second-order valence-corrected chi connectivity index (χ2v) is 4.55. The van der Waals surface area contributed by atoms with Gasteiger partial charge in [0.25, 0.3) is 0 Å². The Bertz CT molecular complexity index is 367. The molecule has 0 saturated carbocycles. The van der Waals surface area contributed by atoms with Crippen molar-refractivity contribution in [1.29, 1.82) is 0 Å². The van der Waals surface area contributed by atoms with E-state index in [-0.39, 0.29) is 12.0 Å². The molecule has 0 aromatic carbocycles. The Morgan fingerprint density at radius 1 is 1.59 bits per heavy atom. The van der Waals surface area contributed by atoms with E-state index in [9.17, 15) is 13.9 Å². The molecule has 96 valence electrons. The second-order valence-electron chi connectivity index (χ2n) is 4.55. The number of hydrogen-bond donors (Lipinski definition) is 1. The molecule has 1 aliphatic rings. The van der Waals surface area contributed by atoms with E-state index in [0.717, 1.165) is 24.1 Å². The minimum atomic E-state index is -2.54. The number of halogens is 2. The van der Waals surface area contributed by atoms with Crippen molar-refractivity contribution in [2.45, 2.75) is 32.5 Å². The van der Waals surface area contributed by atoms with Crippen LogP contribution in [0, 0.1) is 5.92 Å². The molecule has 0 amide bonds. The lowest BCUT2D eigenvalue weighted by Crippen LogP contribution is -2.25. The third kappa shape index (κ3) is 2.81. The van der Waals surface area contributed by atoms with Crippen molar-refractivity contribution in [2.24, 2.45) is 5.92 Å². The van der Waals surface area contributed by atoms with Gasteiger partial charge >= 0.3 is 6.55 Å². The lowest BCUT2D eigenvalue weighted by Gasteiger charge is -2.17. The van der Waals surface area contributed by atoms with Crippen molar-refractivity contribution < 1.29 is 13.9 Å². The molecule has 4 nitrogen and oxygen atoms in total. The van der Waals surface area contributed by atoms with Crippen LogP contribution in [0.3, 0.4) is 0 Å². The summed E-state index contributed by atoms with van der Waals surface area (Å²) in [4.78, 5) is 6.00. The van der Waals surface area contributed by atoms with E-state index in [1.165, 1.54) is 12.4 Å². The van der Waals surface area contributed by atoms with E-state index < -0.39 is 6.55 Å². The van der Waals surface area contributed by atoms with Crippen LogP contribution in [0.15, 0.2) is 12.4 Å². The molecule has 2 atom stereocenters. The minimum Gasteiger partial charge on any atom is -0.393 e. The number of aromatic nitrogens is 2. The maximum atomic E-state index is 12.6. The van der Waals surface area contributed by atoms with Gasteiger partial charge in [-0.2, -0.15) is 8.78 Å². The summed E-state index contributed by atoms with van der Waals surface area (Å²) in [5, 5.41) is 9.47. The molecule has 0 spiro atoms. The topological polar surface area (TPSA) is 41.3 Å². The maximum absolute atomic E-state index is 12.6. The van der Waals surface area contributed by atoms with Gasteiger partial charge < -0.3 is 5.11 Å². The predicted octanol–water partition coefficient (Wildman–Crippen LogP) is 1.48. The normalized spacial score (nSPS) is 23.5. The Kier molecular flexibility index (Phi) is 3.73. The molecule has 0 radical (unpaired) electrons. The van der Waals surface area contributed by atoms with E-state index >= 15 is 0 Å². The van der Waals surface area contributed by atoms with Gasteiger partial charge in [0, 0.05) is 18.9 Å². The average molecular weight is 245 g/mol. The molecule has 1 saturated heterocycles. The number of rotatable bonds is 4. The maximum Gasteiger partial charge on any atom is 0.319 e. The van der Waals surface area contributed by atoms with E-state index in [0.29, 0.717) is 12.4 Å². The Morgan fingerprint density at radius 3 is 2.94 bits per heavy atom. The standard InChI is InChI=1S/C11H17F2N3O/c1-8(17)9-2-4-15(6-9)7-10-14-3-5-16(10)11(12)13/h3,5,8-9,11,17H,2,4,6-7H2,1H3. The zero-order valence-corrected chi connectivity index (χ0v) is 9.76. The second kappa shape index (κ2) is 5.10. The third-order valence-corrected chi connectivity index (χ3v) is 3.32. The number of aliphatic hydroxyl groups is 1. The molecule has 1 aromatic rings. The fourth-order valence-electron chi connectivity index (χ4n) is 2.24. The van der Waals surface area contributed by atoms with Crippen LogP contribution in [0.2, 0.25) is 0 Å². The molecule has 1 fully saturated rings. The summed E-state index contributed by atoms with van der Waals surface area (Å²) in [5.41, 5.74) is 0. The van der Waals surface area contributed by atoms with Crippen LogP contribution in [0.25, 0.3) is 0 Å². The number of nitrogens with zero attached hydrogens (tertiary/aromatic N) is 3. The molecule has 6 heteroatoms. The van der Waals surface area contributed by atoms with Gasteiger partial charge in [-0.15, -0.1) is 0 Å².